The van der Waals surface area contributed by atoms with E-state index in [2.05, 4.69) is 16.7 Å². The van der Waals surface area contributed by atoms with Crippen LogP contribution in [0.2, 0.25) is 0 Å². The second-order valence-corrected chi connectivity index (χ2v) is 4.95. The van der Waals surface area contributed by atoms with Crippen molar-refractivity contribution < 1.29 is 4.79 Å². The summed E-state index contributed by atoms with van der Waals surface area (Å²) in [6, 6.07) is 3.99. The molecule has 0 aliphatic carbocycles. The number of halogens is 1. The Hall–Kier alpha value is -1.72. The summed E-state index contributed by atoms with van der Waals surface area (Å²) < 4.78 is 0. The van der Waals surface area contributed by atoms with Gasteiger partial charge in [0.1, 0.15) is 17.4 Å². The van der Waals surface area contributed by atoms with E-state index in [1.807, 2.05) is 19.9 Å². The summed E-state index contributed by atoms with van der Waals surface area (Å²) in [5.74, 6) is -0.432. The van der Waals surface area contributed by atoms with E-state index < -0.39 is 22.9 Å². The van der Waals surface area contributed by atoms with E-state index >= 15 is 0 Å². The Labute approximate surface area is 110 Å². The van der Waals surface area contributed by atoms with Crippen LogP contribution in [-0.2, 0) is 4.79 Å². The zero-order valence-corrected chi connectivity index (χ0v) is 10.9. The van der Waals surface area contributed by atoms with Gasteiger partial charge in [0.15, 0.2) is 5.41 Å². The number of nitrogens with one attached hydrogen (secondary N) is 2. The molecule has 2 heterocycles. The first-order valence-corrected chi connectivity index (χ1v) is 6.21. The third-order valence-electron chi connectivity index (χ3n) is 4.32. The molecule has 0 aromatic rings. The molecule has 1 fully saturated rings. The van der Waals surface area contributed by atoms with Gasteiger partial charge in [-0.25, -0.2) is 0 Å². The lowest BCUT2D eigenvalue weighted by atomic mass is 9.57. The molecule has 1 saturated heterocycles. The molecule has 18 heavy (non-hydrogen) atoms. The number of nitrogens with zero attached hydrogens (tertiary/aromatic N) is 2. The summed E-state index contributed by atoms with van der Waals surface area (Å²) >= 11 is 5.99. The van der Waals surface area contributed by atoms with E-state index in [-0.39, 0.29) is 10.7 Å². The summed E-state index contributed by atoms with van der Waals surface area (Å²) in [4.78, 5) is 12.2. The molecular formula is C12H13ClN4O. The predicted molar refractivity (Wildman–Crippen MR) is 64.6 cm³/mol. The number of carbonyl (C=O) groups excluding carboxylic acids is 1. The van der Waals surface area contributed by atoms with E-state index in [0.29, 0.717) is 12.8 Å². The minimum Gasteiger partial charge on any atom is -0.354 e. The van der Waals surface area contributed by atoms with Gasteiger partial charge >= 0.3 is 0 Å². The highest BCUT2D eigenvalue weighted by atomic mass is 35.5. The Morgan fingerprint density at radius 1 is 1.33 bits per heavy atom. The third-order valence-corrected chi connectivity index (χ3v) is 4.62. The predicted octanol–water partition coefficient (Wildman–Crippen LogP) is 1.34. The zero-order valence-electron chi connectivity index (χ0n) is 10.2. The molecule has 2 atom stereocenters. The fourth-order valence-electron chi connectivity index (χ4n) is 3.26. The number of hydrogen-bond acceptors (Lipinski definition) is 4. The number of amides is 1. The van der Waals surface area contributed by atoms with Crippen molar-refractivity contribution in [2.45, 2.75) is 32.9 Å². The first-order valence-electron chi connectivity index (χ1n) is 5.83. The Morgan fingerprint density at radius 3 is 2.39 bits per heavy atom. The average molecular weight is 265 g/mol. The second-order valence-electron chi connectivity index (χ2n) is 4.58. The SMILES string of the molecule is CCC1(CC)[C@H]2NC(=O)[C@]1(C#N)C(C#N)=C(Cl)N2. The van der Waals surface area contributed by atoms with Crippen LogP contribution in [0.4, 0.5) is 0 Å². The Balaban J connectivity index is 2.81. The third kappa shape index (κ3) is 1.08. The van der Waals surface area contributed by atoms with Crippen molar-refractivity contribution in [2.75, 3.05) is 0 Å². The number of rotatable bonds is 2. The number of fused-ring (bicyclic) bond motifs is 2. The Morgan fingerprint density at radius 2 is 1.94 bits per heavy atom. The van der Waals surface area contributed by atoms with E-state index in [0.717, 1.165) is 0 Å². The number of nitriles is 2. The molecule has 0 aromatic heterocycles. The van der Waals surface area contributed by atoms with Crippen LogP contribution in [0.3, 0.4) is 0 Å². The highest BCUT2D eigenvalue weighted by Gasteiger charge is 2.69. The normalized spacial score (nSPS) is 32.3. The van der Waals surface area contributed by atoms with Crippen molar-refractivity contribution in [3.63, 3.8) is 0 Å². The highest BCUT2D eigenvalue weighted by molar-refractivity contribution is 6.30. The van der Waals surface area contributed by atoms with Crippen LogP contribution in [0.1, 0.15) is 26.7 Å². The maximum atomic E-state index is 12.2. The minimum absolute atomic E-state index is 0.0293. The quantitative estimate of drug-likeness (QED) is 0.737. The number of carbonyl (C=O) groups is 1. The van der Waals surface area contributed by atoms with Gasteiger partial charge in [-0.2, -0.15) is 10.5 Å². The lowest BCUT2D eigenvalue weighted by Crippen LogP contribution is -2.55. The molecule has 6 heteroatoms. The van der Waals surface area contributed by atoms with Crippen LogP contribution in [0.15, 0.2) is 10.7 Å². The van der Waals surface area contributed by atoms with Crippen LogP contribution in [0.5, 0.6) is 0 Å². The molecule has 0 saturated carbocycles. The largest absolute Gasteiger partial charge is 0.354 e. The summed E-state index contributed by atoms with van der Waals surface area (Å²) in [5.41, 5.74) is -2.08. The molecule has 0 radical (unpaired) electrons. The molecule has 2 N–H and O–H groups in total. The van der Waals surface area contributed by atoms with Crippen molar-refractivity contribution in [2.24, 2.45) is 10.8 Å². The maximum absolute atomic E-state index is 12.2. The van der Waals surface area contributed by atoms with Crippen LogP contribution >= 0.6 is 11.6 Å². The van der Waals surface area contributed by atoms with Crippen molar-refractivity contribution in [3.8, 4) is 12.1 Å². The van der Waals surface area contributed by atoms with Crippen molar-refractivity contribution in [3.05, 3.63) is 10.7 Å². The minimum atomic E-state index is -1.47. The maximum Gasteiger partial charge on any atom is 0.248 e. The van der Waals surface area contributed by atoms with Crippen LogP contribution in [-0.4, -0.2) is 12.1 Å². The van der Waals surface area contributed by atoms with E-state index in [9.17, 15) is 15.3 Å². The van der Waals surface area contributed by atoms with Crippen molar-refractivity contribution >= 4 is 17.5 Å². The van der Waals surface area contributed by atoms with Gasteiger partial charge < -0.3 is 10.6 Å². The van der Waals surface area contributed by atoms with Gasteiger partial charge in [0, 0.05) is 5.41 Å². The first kappa shape index (κ1) is 12.7. The van der Waals surface area contributed by atoms with E-state index in [1.54, 1.807) is 0 Å². The first-order chi connectivity index (χ1) is 8.53. The molecule has 0 aromatic carbocycles. The zero-order chi connectivity index (χ0) is 13.6. The Kier molecular flexibility index (Phi) is 2.76. The molecule has 1 amide bonds. The van der Waals surface area contributed by atoms with Crippen LogP contribution in [0.25, 0.3) is 0 Å². The second kappa shape index (κ2) is 3.90. The fraction of sp³-hybridized carbons (Fsp3) is 0.583. The molecule has 0 unspecified atom stereocenters. The summed E-state index contributed by atoms with van der Waals surface area (Å²) in [7, 11) is 0. The van der Waals surface area contributed by atoms with Gasteiger partial charge in [-0.1, -0.05) is 25.4 Å². The standard InChI is InChI=1S/C12H13ClN4O/c1-3-11(4-2)9-16-8(13)7(5-14)12(11,6-15)10(18)17-9/h9,16H,3-4H2,1-2H3,(H,17,18)/t9-,12+/m1/s1. The van der Waals surface area contributed by atoms with E-state index in [1.165, 1.54) is 0 Å². The van der Waals surface area contributed by atoms with Gasteiger partial charge in [0.25, 0.3) is 0 Å². The topological polar surface area (TPSA) is 88.7 Å². The van der Waals surface area contributed by atoms with Crippen LogP contribution in [0, 0.1) is 33.5 Å². The highest BCUT2D eigenvalue weighted by Crippen LogP contribution is 2.58. The Bertz CT molecular complexity index is 523. The summed E-state index contributed by atoms with van der Waals surface area (Å²) in [5, 5.41) is 24.6. The molecule has 2 bridgehead atoms. The van der Waals surface area contributed by atoms with Crippen LogP contribution < -0.4 is 10.6 Å². The van der Waals surface area contributed by atoms with Gasteiger partial charge in [-0.05, 0) is 12.8 Å². The van der Waals surface area contributed by atoms with Gasteiger partial charge in [0.05, 0.1) is 11.6 Å². The van der Waals surface area contributed by atoms with Gasteiger partial charge in [-0.3, -0.25) is 4.79 Å². The molecule has 5 nitrogen and oxygen atoms in total. The van der Waals surface area contributed by atoms with Crippen molar-refractivity contribution in [1.82, 2.24) is 10.6 Å². The van der Waals surface area contributed by atoms with Gasteiger partial charge in [0.2, 0.25) is 5.91 Å². The smallest absolute Gasteiger partial charge is 0.248 e. The van der Waals surface area contributed by atoms with E-state index in [4.69, 9.17) is 11.6 Å². The summed E-state index contributed by atoms with van der Waals surface area (Å²) in [6.07, 6.45) is 0.801. The molecule has 2 rings (SSSR count). The molecule has 2 aliphatic rings. The fourth-order valence-corrected chi connectivity index (χ4v) is 3.55. The molecule has 0 spiro atoms. The average Bonchev–Trinajstić information content (AvgIpc) is 2.53. The van der Waals surface area contributed by atoms with Crippen molar-refractivity contribution in [1.29, 1.82) is 10.5 Å². The number of hydrogen-bond donors (Lipinski definition) is 2. The molecule has 2 aliphatic heterocycles. The molecule has 94 valence electrons. The molecular weight excluding hydrogens is 252 g/mol. The lowest BCUT2D eigenvalue weighted by Gasteiger charge is -2.44. The monoisotopic (exact) mass is 264 g/mol. The summed E-state index contributed by atoms with van der Waals surface area (Å²) in [6.45, 7) is 3.83. The lowest BCUT2D eigenvalue weighted by molar-refractivity contribution is -0.125. The van der Waals surface area contributed by atoms with Gasteiger partial charge in [-0.15, -0.1) is 0 Å².